The topological polar surface area (TPSA) is 79.6 Å². The molecule has 0 radical (unpaired) electrons. The van der Waals surface area contributed by atoms with Crippen LogP contribution in [0.1, 0.15) is 51.2 Å². The minimum atomic E-state index is -3.62. The molecule has 1 aliphatic rings. The van der Waals surface area contributed by atoms with Crippen LogP contribution in [0.4, 0.5) is 0 Å². The number of amides is 1. The van der Waals surface area contributed by atoms with E-state index in [9.17, 15) is 13.2 Å². The van der Waals surface area contributed by atoms with Crippen LogP contribution in [0.5, 0.6) is 0 Å². The van der Waals surface area contributed by atoms with Crippen LogP contribution in [-0.2, 0) is 10.0 Å². The van der Waals surface area contributed by atoms with E-state index in [1.807, 2.05) is 58.9 Å². The van der Waals surface area contributed by atoms with E-state index in [-0.39, 0.29) is 11.8 Å². The van der Waals surface area contributed by atoms with Crippen molar-refractivity contribution in [1.82, 2.24) is 9.62 Å². The number of nitrogens with one attached hydrogen (secondary N) is 1. The van der Waals surface area contributed by atoms with E-state index in [1.54, 1.807) is 11.0 Å². The third kappa shape index (κ3) is 4.44. The molecule has 3 aromatic rings. The summed E-state index contributed by atoms with van der Waals surface area (Å²) in [7, 11) is -3.62. The fourth-order valence-electron chi connectivity index (χ4n) is 4.75. The van der Waals surface area contributed by atoms with Crippen molar-refractivity contribution in [3.05, 3.63) is 63.9 Å². The highest BCUT2D eigenvalue weighted by molar-refractivity contribution is 7.89. The van der Waals surface area contributed by atoms with Gasteiger partial charge in [-0.15, -0.1) is 0 Å². The Bertz CT molecular complexity index is 1250. The molecule has 0 atom stereocenters. The predicted octanol–water partition coefficient (Wildman–Crippen LogP) is 4.81. The summed E-state index contributed by atoms with van der Waals surface area (Å²) in [6.45, 7) is 11.3. The van der Waals surface area contributed by atoms with Crippen LogP contribution in [0.2, 0.25) is 0 Å². The van der Waals surface area contributed by atoms with Gasteiger partial charge in [-0.3, -0.25) is 4.79 Å². The molecule has 2 aromatic carbocycles. The van der Waals surface area contributed by atoms with E-state index >= 15 is 0 Å². The van der Waals surface area contributed by atoms with Crippen molar-refractivity contribution >= 4 is 26.9 Å². The molecule has 33 heavy (non-hydrogen) atoms. The van der Waals surface area contributed by atoms with Crippen LogP contribution >= 0.6 is 0 Å². The second-order valence-corrected chi connectivity index (χ2v) is 10.9. The molecule has 1 aliphatic heterocycles. The molecule has 0 aliphatic carbocycles. The summed E-state index contributed by atoms with van der Waals surface area (Å²) in [4.78, 5) is 15.1. The Labute approximate surface area is 196 Å². The van der Waals surface area contributed by atoms with E-state index in [0.717, 1.165) is 46.0 Å². The van der Waals surface area contributed by atoms with Gasteiger partial charge in [-0.05, 0) is 93.3 Å². The van der Waals surface area contributed by atoms with Gasteiger partial charge in [0.1, 0.15) is 5.58 Å². The van der Waals surface area contributed by atoms with Crippen molar-refractivity contribution in [2.45, 2.75) is 52.4 Å². The molecule has 1 aromatic heterocycles. The fraction of sp³-hybridized carbons (Fsp3) is 0.423. The molecule has 7 heteroatoms. The van der Waals surface area contributed by atoms with Crippen molar-refractivity contribution in [2.24, 2.45) is 5.92 Å². The number of hydrogen-bond donors (Lipinski definition) is 1. The highest BCUT2D eigenvalue weighted by Crippen LogP contribution is 2.30. The summed E-state index contributed by atoms with van der Waals surface area (Å²) in [5, 5.41) is 0.914. The Morgan fingerprint density at radius 2 is 1.55 bits per heavy atom. The molecule has 1 amide bonds. The molecular formula is C26H32N2O4S. The lowest BCUT2D eigenvalue weighted by Crippen LogP contribution is -2.41. The number of likely N-dealkylation sites (tertiary alicyclic amines) is 1. The number of furan rings is 1. The number of rotatable bonds is 5. The molecule has 1 N–H and O–H groups in total. The first-order chi connectivity index (χ1) is 15.6. The third-order valence-electron chi connectivity index (χ3n) is 7.30. The maximum Gasteiger partial charge on any atom is 0.289 e. The summed E-state index contributed by atoms with van der Waals surface area (Å²) >= 11 is 0. The van der Waals surface area contributed by atoms with E-state index in [1.165, 1.54) is 0 Å². The van der Waals surface area contributed by atoms with Crippen molar-refractivity contribution < 1.29 is 17.6 Å². The molecule has 6 nitrogen and oxygen atoms in total. The molecular weight excluding hydrogens is 436 g/mol. The van der Waals surface area contributed by atoms with Crippen molar-refractivity contribution in [1.29, 1.82) is 0 Å². The van der Waals surface area contributed by atoms with Gasteiger partial charge in [-0.25, -0.2) is 13.1 Å². The largest absolute Gasteiger partial charge is 0.451 e. The zero-order valence-corrected chi connectivity index (χ0v) is 20.8. The molecule has 2 heterocycles. The van der Waals surface area contributed by atoms with E-state index in [2.05, 4.69) is 4.72 Å². The molecule has 1 saturated heterocycles. The van der Waals surface area contributed by atoms with Crippen molar-refractivity contribution in [3.63, 3.8) is 0 Å². The number of sulfonamides is 1. The summed E-state index contributed by atoms with van der Waals surface area (Å²) in [6, 6.07) is 9.36. The number of fused-ring (bicyclic) bond motifs is 1. The average molecular weight is 469 g/mol. The molecule has 0 saturated carbocycles. The van der Waals surface area contributed by atoms with Crippen LogP contribution in [0.15, 0.2) is 39.6 Å². The molecule has 176 valence electrons. The van der Waals surface area contributed by atoms with Crippen LogP contribution in [0.25, 0.3) is 11.0 Å². The molecule has 0 spiro atoms. The second kappa shape index (κ2) is 8.95. The maximum atomic E-state index is 13.2. The first-order valence-electron chi connectivity index (χ1n) is 11.4. The molecule has 4 rings (SSSR count). The van der Waals surface area contributed by atoms with Gasteiger partial charge in [-0.2, -0.15) is 0 Å². The number of benzene rings is 2. The monoisotopic (exact) mass is 468 g/mol. The number of para-hydroxylation sites is 1. The number of hydrogen-bond acceptors (Lipinski definition) is 4. The Kier molecular flexibility index (Phi) is 6.38. The van der Waals surface area contributed by atoms with Gasteiger partial charge in [0.2, 0.25) is 10.0 Å². The number of carbonyl (C=O) groups is 1. The molecule has 1 fully saturated rings. The fourth-order valence-corrected chi connectivity index (χ4v) is 6.46. The second-order valence-electron chi connectivity index (χ2n) is 9.19. The van der Waals surface area contributed by atoms with E-state index in [0.29, 0.717) is 35.9 Å². The highest BCUT2D eigenvalue weighted by Gasteiger charge is 2.28. The minimum Gasteiger partial charge on any atom is -0.451 e. The Balaban J connectivity index is 1.39. The van der Waals surface area contributed by atoms with E-state index < -0.39 is 10.0 Å². The standard InChI is InChI=1S/C26H32N2O4S/c1-16-17(2)19(4)25(20(5)18(16)3)33(30,31)27-15-21-10-12-28(13-11-21)26(29)24-14-22-8-6-7-9-23(22)32-24/h6-9,14,21,27H,10-13,15H2,1-5H3. The van der Waals surface area contributed by atoms with Crippen LogP contribution in [-0.4, -0.2) is 38.9 Å². The highest BCUT2D eigenvalue weighted by atomic mass is 32.2. The lowest BCUT2D eigenvalue weighted by atomic mass is 9.95. The first-order valence-corrected chi connectivity index (χ1v) is 12.9. The zero-order chi connectivity index (χ0) is 23.9. The van der Waals surface area contributed by atoms with Gasteiger partial charge < -0.3 is 9.32 Å². The molecule has 0 bridgehead atoms. The minimum absolute atomic E-state index is 0.109. The van der Waals surface area contributed by atoms with Crippen molar-refractivity contribution in [2.75, 3.05) is 19.6 Å². The van der Waals surface area contributed by atoms with Gasteiger partial charge >= 0.3 is 0 Å². The summed E-state index contributed by atoms with van der Waals surface area (Å²) in [5.41, 5.74) is 5.53. The lowest BCUT2D eigenvalue weighted by Gasteiger charge is -2.31. The van der Waals surface area contributed by atoms with E-state index in [4.69, 9.17) is 4.42 Å². The van der Waals surface area contributed by atoms with Gasteiger partial charge in [0.05, 0.1) is 4.90 Å². The SMILES string of the molecule is Cc1c(C)c(C)c(S(=O)(=O)NCC2CCN(C(=O)c3cc4ccccc4o3)CC2)c(C)c1C. The quantitative estimate of drug-likeness (QED) is 0.583. The summed E-state index contributed by atoms with van der Waals surface area (Å²) in [5.74, 6) is 0.432. The molecule has 0 unspecified atom stereocenters. The van der Waals surface area contributed by atoms with Crippen LogP contribution in [0, 0.1) is 40.5 Å². The van der Waals surface area contributed by atoms with Crippen LogP contribution < -0.4 is 4.72 Å². The number of piperidine rings is 1. The average Bonchev–Trinajstić information content (AvgIpc) is 3.24. The first kappa shape index (κ1) is 23.5. The smallest absolute Gasteiger partial charge is 0.289 e. The normalized spacial score (nSPS) is 15.4. The van der Waals surface area contributed by atoms with Gasteiger partial charge in [0.25, 0.3) is 5.91 Å². The van der Waals surface area contributed by atoms with Gasteiger partial charge in [-0.1, -0.05) is 18.2 Å². The Morgan fingerprint density at radius 3 is 2.15 bits per heavy atom. The number of nitrogens with zero attached hydrogens (tertiary/aromatic N) is 1. The van der Waals surface area contributed by atoms with Crippen molar-refractivity contribution in [3.8, 4) is 0 Å². The predicted molar refractivity (Wildman–Crippen MR) is 130 cm³/mol. The Hall–Kier alpha value is -2.64. The lowest BCUT2D eigenvalue weighted by molar-refractivity contribution is 0.0662. The van der Waals surface area contributed by atoms with Gasteiger partial charge in [0.15, 0.2) is 5.76 Å². The van der Waals surface area contributed by atoms with Gasteiger partial charge in [0, 0.05) is 25.0 Å². The summed E-state index contributed by atoms with van der Waals surface area (Å²) < 4.78 is 34.9. The number of carbonyl (C=O) groups excluding carboxylic acids is 1. The summed E-state index contributed by atoms with van der Waals surface area (Å²) in [6.07, 6.45) is 1.50. The van der Waals surface area contributed by atoms with Crippen LogP contribution in [0.3, 0.4) is 0 Å². The zero-order valence-electron chi connectivity index (χ0n) is 20.0. The Morgan fingerprint density at radius 1 is 0.970 bits per heavy atom. The third-order valence-corrected chi connectivity index (χ3v) is 9.00. The maximum absolute atomic E-state index is 13.2.